The van der Waals surface area contributed by atoms with Gasteiger partial charge in [-0.25, -0.2) is 9.97 Å². The highest BCUT2D eigenvalue weighted by molar-refractivity contribution is 7.98. The summed E-state index contributed by atoms with van der Waals surface area (Å²) >= 11 is 1.65. The van der Waals surface area contributed by atoms with E-state index < -0.39 is 0 Å². The van der Waals surface area contributed by atoms with Crippen molar-refractivity contribution in [2.24, 2.45) is 0 Å². The van der Waals surface area contributed by atoms with Crippen LogP contribution >= 0.6 is 11.8 Å². The summed E-state index contributed by atoms with van der Waals surface area (Å²) in [6.07, 6.45) is 0. The van der Waals surface area contributed by atoms with Crippen molar-refractivity contribution in [1.29, 1.82) is 0 Å². The summed E-state index contributed by atoms with van der Waals surface area (Å²) in [7, 11) is 1.85. The van der Waals surface area contributed by atoms with E-state index >= 15 is 0 Å². The van der Waals surface area contributed by atoms with Gasteiger partial charge in [-0.05, 0) is 28.8 Å². The fraction of sp³-hybridized carbons (Fsp3) is 0.343. The molecule has 218 valence electrons. The van der Waals surface area contributed by atoms with Gasteiger partial charge in [0.05, 0.1) is 5.69 Å². The number of carbonyl (C=O) groups is 1. The van der Waals surface area contributed by atoms with Gasteiger partial charge in [0.2, 0.25) is 0 Å². The highest BCUT2D eigenvalue weighted by atomic mass is 32.2. The van der Waals surface area contributed by atoms with Crippen molar-refractivity contribution >= 4 is 23.5 Å². The first-order valence-electron chi connectivity index (χ1n) is 14.7. The second-order valence-electron chi connectivity index (χ2n) is 12.0. The van der Waals surface area contributed by atoms with E-state index in [2.05, 4.69) is 67.0 Å². The van der Waals surface area contributed by atoms with Crippen molar-refractivity contribution in [3.05, 3.63) is 119 Å². The zero-order chi connectivity index (χ0) is 29.5. The summed E-state index contributed by atoms with van der Waals surface area (Å²) in [6.45, 7) is 12.1. The van der Waals surface area contributed by atoms with Gasteiger partial charge in [-0.1, -0.05) is 105 Å². The molecule has 1 saturated heterocycles. The molecule has 5 rings (SSSR count). The third-order valence-electron chi connectivity index (χ3n) is 7.58. The van der Waals surface area contributed by atoms with Gasteiger partial charge in [-0.3, -0.25) is 9.69 Å². The molecule has 2 heterocycles. The lowest BCUT2D eigenvalue weighted by Gasteiger charge is -2.36. The van der Waals surface area contributed by atoms with Crippen LogP contribution in [0.1, 0.15) is 53.5 Å². The van der Waals surface area contributed by atoms with Gasteiger partial charge in [0.1, 0.15) is 5.82 Å². The highest BCUT2D eigenvalue weighted by Crippen LogP contribution is 2.29. The molecule has 0 atom stereocenters. The van der Waals surface area contributed by atoms with E-state index in [1.807, 2.05) is 61.6 Å². The summed E-state index contributed by atoms with van der Waals surface area (Å²) in [4.78, 5) is 29.6. The van der Waals surface area contributed by atoms with Crippen LogP contribution in [0.3, 0.4) is 0 Å². The third-order valence-corrected chi connectivity index (χ3v) is 8.50. The molecule has 0 saturated carbocycles. The van der Waals surface area contributed by atoms with Crippen molar-refractivity contribution in [1.82, 2.24) is 19.8 Å². The molecule has 1 aromatic heterocycles. The summed E-state index contributed by atoms with van der Waals surface area (Å²) < 4.78 is 0. The standard InChI is InChI=1S/C35H41N5OS/c1-35(2,3)31-23-32(40-21-19-39(20-22-40)25-28-13-9-6-10-14-28)37-34(36-31)42-26-29-15-17-30(18-16-29)33(41)38(4)24-27-11-7-5-8-12-27/h5-18,23H,19-22,24-26H2,1-4H3. The largest absolute Gasteiger partial charge is 0.354 e. The minimum Gasteiger partial charge on any atom is -0.354 e. The predicted molar refractivity (Wildman–Crippen MR) is 173 cm³/mol. The number of amides is 1. The zero-order valence-corrected chi connectivity index (χ0v) is 26.0. The molecule has 0 aliphatic carbocycles. The van der Waals surface area contributed by atoms with Gasteiger partial charge in [0.15, 0.2) is 5.16 Å². The molecule has 7 heteroatoms. The van der Waals surface area contributed by atoms with Crippen molar-refractivity contribution in [3.8, 4) is 0 Å². The van der Waals surface area contributed by atoms with Crippen LogP contribution in [-0.4, -0.2) is 58.9 Å². The lowest BCUT2D eigenvalue weighted by Crippen LogP contribution is -2.46. The molecule has 0 bridgehead atoms. The molecule has 1 aliphatic heterocycles. The zero-order valence-electron chi connectivity index (χ0n) is 25.2. The van der Waals surface area contributed by atoms with Crippen LogP contribution in [0.15, 0.2) is 96.2 Å². The van der Waals surface area contributed by atoms with Crippen LogP contribution in [0.25, 0.3) is 0 Å². The highest BCUT2D eigenvalue weighted by Gasteiger charge is 2.23. The van der Waals surface area contributed by atoms with Crippen LogP contribution in [0.4, 0.5) is 5.82 Å². The van der Waals surface area contributed by atoms with Gasteiger partial charge < -0.3 is 9.80 Å². The molecular formula is C35H41N5OS. The van der Waals surface area contributed by atoms with Gasteiger partial charge >= 0.3 is 0 Å². The SMILES string of the molecule is CN(Cc1ccccc1)C(=O)c1ccc(CSc2nc(N3CCN(Cc4ccccc4)CC3)cc(C(C)(C)C)n2)cc1. The maximum atomic E-state index is 13.0. The van der Waals surface area contributed by atoms with Crippen LogP contribution in [-0.2, 0) is 24.3 Å². The lowest BCUT2D eigenvalue weighted by molar-refractivity contribution is 0.0785. The Hall–Kier alpha value is -3.68. The normalized spacial score (nSPS) is 14.1. The van der Waals surface area contributed by atoms with E-state index in [1.165, 1.54) is 5.56 Å². The van der Waals surface area contributed by atoms with Gasteiger partial charge in [-0.15, -0.1) is 0 Å². The number of benzene rings is 3. The fourth-order valence-electron chi connectivity index (χ4n) is 5.04. The molecule has 0 N–H and O–H groups in total. The Morgan fingerprint density at radius 2 is 1.43 bits per heavy atom. The molecule has 1 fully saturated rings. The Bertz CT molecular complexity index is 1450. The van der Waals surface area contributed by atoms with Crippen molar-refractivity contribution < 1.29 is 4.79 Å². The molecule has 0 radical (unpaired) electrons. The van der Waals surface area contributed by atoms with E-state index in [0.717, 1.165) is 66.3 Å². The van der Waals surface area contributed by atoms with Gasteiger partial charge in [0.25, 0.3) is 5.91 Å². The maximum Gasteiger partial charge on any atom is 0.253 e. The number of aromatic nitrogens is 2. The number of piperazine rings is 1. The van der Waals surface area contributed by atoms with E-state index in [1.54, 1.807) is 16.7 Å². The number of hydrogen-bond donors (Lipinski definition) is 0. The monoisotopic (exact) mass is 579 g/mol. The molecule has 1 amide bonds. The minimum absolute atomic E-state index is 0.0211. The summed E-state index contributed by atoms with van der Waals surface area (Å²) in [6, 6.07) is 30.8. The topological polar surface area (TPSA) is 52.6 Å². The average molecular weight is 580 g/mol. The lowest BCUT2D eigenvalue weighted by atomic mass is 9.92. The molecule has 0 unspecified atom stereocenters. The van der Waals surface area contributed by atoms with Crippen molar-refractivity contribution in [2.75, 3.05) is 38.1 Å². The molecule has 1 aliphatic rings. The number of carbonyl (C=O) groups excluding carboxylic acids is 1. The molecule has 3 aromatic carbocycles. The minimum atomic E-state index is -0.0735. The summed E-state index contributed by atoms with van der Waals surface area (Å²) in [5.41, 5.74) is 5.30. The quantitative estimate of drug-likeness (QED) is 0.163. The second-order valence-corrected chi connectivity index (χ2v) is 13.0. The van der Waals surface area contributed by atoms with Crippen LogP contribution < -0.4 is 4.90 Å². The van der Waals surface area contributed by atoms with Crippen LogP contribution in [0.2, 0.25) is 0 Å². The van der Waals surface area contributed by atoms with Crippen molar-refractivity contribution in [3.63, 3.8) is 0 Å². The first-order valence-corrected chi connectivity index (χ1v) is 15.6. The molecule has 6 nitrogen and oxygen atoms in total. The van der Waals surface area contributed by atoms with E-state index in [9.17, 15) is 4.79 Å². The predicted octanol–water partition coefficient (Wildman–Crippen LogP) is 6.66. The Morgan fingerprint density at radius 1 is 0.810 bits per heavy atom. The van der Waals surface area contributed by atoms with Crippen LogP contribution in [0, 0.1) is 0 Å². The Labute approximate surface area is 254 Å². The molecule has 42 heavy (non-hydrogen) atoms. The van der Waals surface area contributed by atoms with Gasteiger partial charge in [0, 0.05) is 69.1 Å². The molecule has 0 spiro atoms. The molecular weight excluding hydrogens is 538 g/mol. The number of anilines is 1. The third kappa shape index (κ3) is 7.99. The smallest absolute Gasteiger partial charge is 0.253 e. The average Bonchev–Trinajstić information content (AvgIpc) is 3.01. The van der Waals surface area contributed by atoms with Gasteiger partial charge in [-0.2, -0.15) is 0 Å². The number of nitrogens with zero attached hydrogens (tertiary/aromatic N) is 5. The van der Waals surface area contributed by atoms with E-state index in [4.69, 9.17) is 9.97 Å². The summed E-state index contributed by atoms with van der Waals surface area (Å²) in [5.74, 6) is 1.78. The molecule has 4 aromatic rings. The van der Waals surface area contributed by atoms with E-state index in [0.29, 0.717) is 12.1 Å². The van der Waals surface area contributed by atoms with Crippen molar-refractivity contribution in [2.45, 2.75) is 50.2 Å². The Kier molecular flexibility index (Phi) is 9.60. The maximum absolute atomic E-state index is 13.0. The first kappa shape index (κ1) is 29.8. The number of thioether (sulfide) groups is 1. The number of rotatable bonds is 9. The second kappa shape index (κ2) is 13.5. The van der Waals surface area contributed by atoms with E-state index in [-0.39, 0.29) is 11.3 Å². The Morgan fingerprint density at radius 3 is 2.05 bits per heavy atom. The van der Waals surface area contributed by atoms with Crippen LogP contribution in [0.5, 0.6) is 0 Å². The fourth-order valence-corrected chi connectivity index (χ4v) is 5.85. The Balaban J connectivity index is 1.21. The number of hydrogen-bond acceptors (Lipinski definition) is 6. The summed E-state index contributed by atoms with van der Waals surface area (Å²) in [5, 5.41) is 0.798. The first-order chi connectivity index (χ1) is 20.2.